The lowest BCUT2D eigenvalue weighted by atomic mass is 9.88. The van der Waals surface area contributed by atoms with Gasteiger partial charge in [-0.3, -0.25) is 0 Å². The Bertz CT molecular complexity index is 635. The van der Waals surface area contributed by atoms with Crippen molar-refractivity contribution in [3.8, 4) is 5.88 Å². The molecule has 1 heterocycles. The Balaban J connectivity index is 2.17. The van der Waals surface area contributed by atoms with Crippen LogP contribution in [-0.2, 0) is 5.41 Å². The molecule has 1 aliphatic carbocycles. The summed E-state index contributed by atoms with van der Waals surface area (Å²) in [5.74, 6) is 0.602. The molecule has 3 nitrogen and oxygen atoms in total. The zero-order valence-corrected chi connectivity index (χ0v) is 11.9. The second-order valence-electron chi connectivity index (χ2n) is 5.29. The maximum absolute atomic E-state index is 6.57. The molecule has 1 unspecified atom stereocenters. The fourth-order valence-electron chi connectivity index (χ4n) is 2.75. The molecular weight excluding hydrogens is 260 g/mol. The number of halogens is 1. The molecule has 2 aromatic rings. The van der Waals surface area contributed by atoms with Gasteiger partial charge in [0, 0.05) is 22.9 Å². The van der Waals surface area contributed by atoms with E-state index in [0.29, 0.717) is 5.88 Å². The Hall–Kier alpha value is -1.32. The number of hydrogen-bond donors (Lipinski definition) is 1. The van der Waals surface area contributed by atoms with Crippen molar-refractivity contribution in [3.63, 3.8) is 0 Å². The van der Waals surface area contributed by atoms with Crippen molar-refractivity contribution in [2.45, 2.75) is 31.2 Å². The second kappa shape index (κ2) is 4.36. The zero-order chi connectivity index (χ0) is 13.6. The average Bonchev–Trinajstić information content (AvgIpc) is 3.20. The van der Waals surface area contributed by atoms with Crippen molar-refractivity contribution < 1.29 is 4.74 Å². The summed E-state index contributed by atoms with van der Waals surface area (Å²) < 4.78 is 5.14. The predicted octanol–water partition coefficient (Wildman–Crippen LogP) is 3.28. The lowest BCUT2D eigenvalue weighted by molar-refractivity contribution is 0.399. The molecule has 1 fully saturated rings. The van der Waals surface area contributed by atoms with Gasteiger partial charge in [0.05, 0.1) is 17.6 Å². The third-order valence-electron chi connectivity index (χ3n) is 4.19. The molecule has 1 saturated carbocycles. The van der Waals surface area contributed by atoms with Crippen LogP contribution in [0.5, 0.6) is 5.88 Å². The summed E-state index contributed by atoms with van der Waals surface area (Å²) in [6.45, 7) is 2.06. The van der Waals surface area contributed by atoms with E-state index in [-0.39, 0.29) is 11.5 Å². The number of methoxy groups -OCH3 is 1. The van der Waals surface area contributed by atoms with Crippen LogP contribution >= 0.6 is 11.6 Å². The van der Waals surface area contributed by atoms with E-state index in [2.05, 4.69) is 18.0 Å². The molecule has 0 radical (unpaired) electrons. The van der Waals surface area contributed by atoms with E-state index in [1.165, 1.54) is 0 Å². The zero-order valence-electron chi connectivity index (χ0n) is 11.1. The number of aromatic nitrogens is 1. The number of nitrogens with two attached hydrogens (primary N) is 1. The largest absolute Gasteiger partial charge is 0.481 e. The number of ether oxygens (including phenoxy) is 1. The topological polar surface area (TPSA) is 48.1 Å². The smallest absolute Gasteiger partial charge is 0.213 e. The van der Waals surface area contributed by atoms with Gasteiger partial charge in [-0.1, -0.05) is 17.7 Å². The van der Waals surface area contributed by atoms with E-state index >= 15 is 0 Å². The van der Waals surface area contributed by atoms with Crippen LogP contribution in [0.25, 0.3) is 10.9 Å². The maximum Gasteiger partial charge on any atom is 0.213 e. The third-order valence-corrected chi connectivity index (χ3v) is 4.59. The molecule has 0 bridgehead atoms. The molecule has 1 aliphatic rings. The molecule has 0 aliphatic heterocycles. The first-order valence-electron chi connectivity index (χ1n) is 6.48. The predicted molar refractivity (Wildman–Crippen MR) is 77.9 cm³/mol. The van der Waals surface area contributed by atoms with E-state index in [9.17, 15) is 0 Å². The highest BCUT2D eigenvalue weighted by Gasteiger charge is 2.48. The molecule has 19 heavy (non-hydrogen) atoms. The monoisotopic (exact) mass is 276 g/mol. The first-order valence-corrected chi connectivity index (χ1v) is 6.85. The first-order chi connectivity index (χ1) is 9.08. The Kier molecular flexibility index (Phi) is 2.91. The molecule has 3 rings (SSSR count). The number of hydrogen-bond acceptors (Lipinski definition) is 3. The minimum absolute atomic E-state index is 0.0607. The molecule has 100 valence electrons. The minimum atomic E-state index is 0.0607. The van der Waals surface area contributed by atoms with Crippen molar-refractivity contribution in [2.75, 3.05) is 7.11 Å². The van der Waals surface area contributed by atoms with E-state index in [4.69, 9.17) is 22.1 Å². The number of benzene rings is 1. The van der Waals surface area contributed by atoms with E-state index in [1.54, 1.807) is 7.11 Å². The second-order valence-corrected chi connectivity index (χ2v) is 5.67. The summed E-state index contributed by atoms with van der Waals surface area (Å²) in [6.07, 6.45) is 2.22. The van der Waals surface area contributed by atoms with Gasteiger partial charge in [-0.15, -0.1) is 0 Å². The minimum Gasteiger partial charge on any atom is -0.481 e. The molecular formula is C15H17ClN2O. The van der Waals surface area contributed by atoms with Crippen LogP contribution in [0.1, 0.15) is 25.3 Å². The summed E-state index contributed by atoms with van der Waals surface area (Å²) in [4.78, 5) is 4.41. The van der Waals surface area contributed by atoms with Gasteiger partial charge in [-0.2, -0.15) is 0 Å². The van der Waals surface area contributed by atoms with Gasteiger partial charge in [-0.25, -0.2) is 4.98 Å². The first kappa shape index (κ1) is 12.7. The summed E-state index contributed by atoms with van der Waals surface area (Å²) in [5.41, 5.74) is 8.20. The van der Waals surface area contributed by atoms with E-state index in [0.717, 1.165) is 34.3 Å². The number of pyridine rings is 1. The van der Waals surface area contributed by atoms with Gasteiger partial charge in [0.15, 0.2) is 0 Å². The molecule has 1 atom stereocenters. The Morgan fingerprint density at radius 3 is 2.63 bits per heavy atom. The van der Waals surface area contributed by atoms with Gasteiger partial charge in [-0.05, 0) is 37.5 Å². The average molecular weight is 277 g/mol. The highest BCUT2D eigenvalue weighted by molar-refractivity contribution is 6.36. The van der Waals surface area contributed by atoms with Crippen molar-refractivity contribution in [3.05, 3.63) is 34.9 Å². The van der Waals surface area contributed by atoms with E-state index < -0.39 is 0 Å². The SMILES string of the molecule is COc1ccc2c(Cl)c(C3(C(C)N)CC3)ccc2n1. The van der Waals surface area contributed by atoms with Gasteiger partial charge in [0.2, 0.25) is 5.88 Å². The molecule has 0 amide bonds. The highest BCUT2D eigenvalue weighted by Crippen LogP contribution is 2.53. The van der Waals surface area contributed by atoms with Crippen molar-refractivity contribution in [1.29, 1.82) is 0 Å². The van der Waals surface area contributed by atoms with Crippen molar-refractivity contribution in [1.82, 2.24) is 4.98 Å². The number of nitrogens with zero attached hydrogens (tertiary/aromatic N) is 1. The Morgan fingerprint density at radius 1 is 1.32 bits per heavy atom. The van der Waals surface area contributed by atoms with Crippen LogP contribution < -0.4 is 10.5 Å². The van der Waals surface area contributed by atoms with Crippen molar-refractivity contribution in [2.24, 2.45) is 5.73 Å². The number of rotatable bonds is 3. The Morgan fingerprint density at radius 2 is 2.05 bits per heavy atom. The fourth-order valence-corrected chi connectivity index (χ4v) is 3.16. The van der Waals surface area contributed by atoms with Gasteiger partial charge >= 0.3 is 0 Å². The van der Waals surface area contributed by atoms with Crippen LogP contribution in [0.2, 0.25) is 5.02 Å². The quantitative estimate of drug-likeness (QED) is 0.936. The number of fused-ring (bicyclic) bond motifs is 1. The third kappa shape index (κ3) is 1.88. The van der Waals surface area contributed by atoms with Gasteiger partial charge in [0.1, 0.15) is 0 Å². The van der Waals surface area contributed by atoms with Crippen LogP contribution in [0, 0.1) is 0 Å². The Labute approximate surface area is 117 Å². The maximum atomic E-state index is 6.57. The molecule has 1 aromatic carbocycles. The fraction of sp³-hybridized carbons (Fsp3) is 0.400. The summed E-state index contributed by atoms with van der Waals surface area (Å²) in [5, 5.41) is 1.74. The molecule has 0 saturated heterocycles. The lowest BCUT2D eigenvalue weighted by Crippen LogP contribution is -2.31. The molecule has 4 heteroatoms. The van der Waals surface area contributed by atoms with E-state index in [1.807, 2.05) is 18.2 Å². The summed E-state index contributed by atoms with van der Waals surface area (Å²) in [7, 11) is 1.61. The van der Waals surface area contributed by atoms with Crippen LogP contribution in [0.3, 0.4) is 0 Å². The standard InChI is InChI=1S/C15H17ClN2O/c1-9(17)15(7-8-15)11-4-5-12-10(14(11)16)3-6-13(18-12)19-2/h3-6,9H,7-8,17H2,1-2H3. The van der Waals surface area contributed by atoms with Gasteiger partial charge < -0.3 is 10.5 Å². The normalized spacial score (nSPS) is 18.3. The summed E-state index contributed by atoms with van der Waals surface area (Å²) >= 11 is 6.57. The van der Waals surface area contributed by atoms with Gasteiger partial charge in [0.25, 0.3) is 0 Å². The molecule has 1 aromatic heterocycles. The van der Waals surface area contributed by atoms with Crippen molar-refractivity contribution >= 4 is 22.5 Å². The summed E-state index contributed by atoms with van der Waals surface area (Å²) in [6, 6.07) is 7.98. The van der Waals surface area contributed by atoms with Crippen LogP contribution in [-0.4, -0.2) is 18.1 Å². The van der Waals surface area contributed by atoms with Crippen LogP contribution in [0.15, 0.2) is 24.3 Å². The molecule has 2 N–H and O–H groups in total. The van der Waals surface area contributed by atoms with Crippen LogP contribution in [0.4, 0.5) is 0 Å². The highest BCUT2D eigenvalue weighted by atomic mass is 35.5. The lowest BCUT2D eigenvalue weighted by Gasteiger charge is -2.22. The molecule has 0 spiro atoms.